The molecule has 0 radical (unpaired) electrons. The third-order valence-electron chi connectivity index (χ3n) is 17.0. The van der Waals surface area contributed by atoms with Gasteiger partial charge in [0.25, 0.3) is 0 Å². The van der Waals surface area contributed by atoms with Crippen molar-refractivity contribution in [1.82, 2.24) is 59.9 Å². The van der Waals surface area contributed by atoms with Gasteiger partial charge in [-0.3, -0.25) is 9.59 Å². The summed E-state index contributed by atoms with van der Waals surface area (Å²) in [6, 6.07) is 11.2. The van der Waals surface area contributed by atoms with E-state index >= 15 is 0 Å². The number of aromatic nitrogens is 8. The zero-order valence-corrected chi connectivity index (χ0v) is 65.9. The summed E-state index contributed by atoms with van der Waals surface area (Å²) in [5.41, 5.74) is 11.3. The second kappa shape index (κ2) is 43.4. The van der Waals surface area contributed by atoms with Gasteiger partial charge in [-0.25, -0.2) is 48.7 Å². The maximum atomic E-state index is 12.4. The molecule has 0 saturated carbocycles. The number of likely N-dealkylation sites (tertiary alicyclic amines) is 3. The first-order valence-corrected chi connectivity index (χ1v) is 37.1. The molecule has 12 heterocycles. The molecule has 4 aliphatic rings. The van der Waals surface area contributed by atoms with Crippen LogP contribution >= 0.6 is 24.0 Å². The number of carboxylic acid groups (broad SMARTS) is 1. The summed E-state index contributed by atoms with van der Waals surface area (Å²) in [5, 5.41) is 41.4. The number of hydrogen-bond acceptors (Lipinski definition) is 25. The van der Waals surface area contributed by atoms with E-state index < -0.39 is 41.5 Å². The molecule has 0 aromatic carbocycles. The number of nitrogens with one attached hydrogen (secondary N) is 8. The number of amides is 3. The van der Waals surface area contributed by atoms with Crippen LogP contribution in [0.1, 0.15) is 175 Å². The number of pyridine rings is 4. The normalized spacial score (nSPS) is 16.6. The number of aliphatic carboxylic acids is 1. The van der Waals surface area contributed by atoms with Gasteiger partial charge in [0.2, 0.25) is 5.91 Å². The molecule has 12 rings (SSSR count). The largest absolute Gasteiger partial charge is 0.480 e. The van der Waals surface area contributed by atoms with Crippen LogP contribution in [0.3, 0.4) is 0 Å². The number of esters is 4. The fraction of sp³-hybridized carbons (Fsp3) is 0.500. The third kappa shape index (κ3) is 26.6. The number of aromatic amines is 4. The van der Waals surface area contributed by atoms with Gasteiger partial charge < -0.3 is 95.2 Å². The number of rotatable bonds is 16. The standard InChI is InChI=1S/C20H28N4O4.C18H21N5O3.C15H20N4O2.C10H9ClN2O2.C10H20N2O2.C3H3NO2.ClH/c1-5-27-18(25)15-11-22-17-14(8-9-21-17)16(15)23-13-7-6-10-24(12-13)19(26)28-20(2,3)4;1-2-26-18(25)14-10-21-17-13(6-8-20-17)16(14)22-12-4-3-9-23(11-12)15(24)5-7-19;1-2-21-15(20)12-9-18-14-11(5-7-17-14)13(12)19-10-4-3-6-16-8-10;1-2-15-10(14)7-5-13-9-6(8(7)11)3-4-12-9;1-10(2,3)14-9(13)12-6-4-5-8(11)7-12;4-2-1-3(5)6;/h8-9,11,13H,5-7,10,12H2,1-4H3,(H2,21,22,23);6,8,10,12H,2-5,9,11H2,1H3,(H2,20,21,22);5,7,9-10,16H,2-4,6,8H2,1H3,(H2,17,18,19);3-5H,2H2,1H3,(H,12,13);8H,4-7,11H2,1-3H3;1H2,(H,5,6);1H/t13-;12-;10-;;8-;;/m000.0../s1. The van der Waals surface area contributed by atoms with Crippen molar-refractivity contribution in [1.29, 1.82) is 10.5 Å². The van der Waals surface area contributed by atoms with Crippen LogP contribution in [0.15, 0.2) is 73.8 Å². The summed E-state index contributed by atoms with van der Waals surface area (Å²) >= 11 is 6.05. The molecule has 111 heavy (non-hydrogen) atoms. The van der Waals surface area contributed by atoms with Crippen LogP contribution in [0.25, 0.3) is 44.1 Å². The predicted molar refractivity (Wildman–Crippen MR) is 421 cm³/mol. The van der Waals surface area contributed by atoms with E-state index in [0.717, 1.165) is 104 Å². The molecule has 11 N–H and O–H groups in total. The Kier molecular flexibility index (Phi) is 34.8. The van der Waals surface area contributed by atoms with Gasteiger partial charge in [-0.2, -0.15) is 10.5 Å². The zero-order valence-electron chi connectivity index (χ0n) is 64.3. The van der Waals surface area contributed by atoms with Crippen LogP contribution in [-0.2, 0) is 38.0 Å². The first-order chi connectivity index (χ1) is 52.6. The van der Waals surface area contributed by atoms with Crippen LogP contribution in [0.2, 0.25) is 5.02 Å². The Hall–Kier alpha value is -11.0. The highest BCUT2D eigenvalue weighted by Crippen LogP contribution is 2.33. The number of carboxylic acids is 1. The monoisotopic (exact) mass is 1580 g/mol. The average molecular weight is 1580 g/mol. The lowest BCUT2D eigenvalue weighted by Gasteiger charge is -2.35. The highest BCUT2D eigenvalue weighted by molar-refractivity contribution is 6.38. The molecule has 0 aliphatic carbocycles. The lowest BCUT2D eigenvalue weighted by atomic mass is 10.0. The Balaban J connectivity index is 0.000000216. The van der Waals surface area contributed by atoms with Gasteiger partial charge in [-0.05, 0) is 151 Å². The number of carbonyl (C=O) groups excluding carboxylic acids is 7. The second-order valence-electron chi connectivity index (χ2n) is 27.8. The van der Waals surface area contributed by atoms with Gasteiger partial charge in [0.15, 0.2) is 0 Å². The Bertz CT molecular complexity index is 4510. The van der Waals surface area contributed by atoms with E-state index in [4.69, 9.17) is 61.4 Å². The number of hydrogen-bond donors (Lipinski definition) is 10. The summed E-state index contributed by atoms with van der Waals surface area (Å²) in [4.78, 5) is 128. The van der Waals surface area contributed by atoms with Gasteiger partial charge >= 0.3 is 42.0 Å². The second-order valence-corrected chi connectivity index (χ2v) is 28.2. The van der Waals surface area contributed by atoms with Crippen molar-refractivity contribution < 1.29 is 71.9 Å². The molecule has 0 unspecified atom stereocenters. The molecule has 35 heteroatoms. The number of anilines is 3. The summed E-state index contributed by atoms with van der Waals surface area (Å²) in [6.07, 6.45) is 19.7. The number of halogens is 2. The topological polar surface area (TPSA) is 458 Å². The lowest BCUT2D eigenvalue weighted by molar-refractivity contribution is -0.136. The molecule has 8 aromatic heterocycles. The zero-order chi connectivity index (χ0) is 80.1. The molecule has 4 atom stereocenters. The minimum atomic E-state index is -1.07. The number of H-pyrrole nitrogens is 4. The van der Waals surface area contributed by atoms with Gasteiger partial charge in [-0.1, -0.05) is 11.6 Å². The molecular formula is C76H102Cl2N18O15. The van der Waals surface area contributed by atoms with Crippen molar-refractivity contribution in [3.63, 3.8) is 0 Å². The smallest absolute Gasteiger partial charge is 0.410 e. The van der Waals surface area contributed by atoms with E-state index in [1.807, 2.05) is 72.0 Å². The molecular weight excluding hydrogens is 1480 g/mol. The molecule has 33 nitrogen and oxygen atoms in total. The predicted octanol–water partition coefficient (Wildman–Crippen LogP) is 11.7. The molecule has 0 bridgehead atoms. The average Bonchev–Trinajstić information content (AvgIpc) is 1.76. The SMILES string of the molecule is CC(C)(C)OC(=O)N1CCC[C@H](N)C1.CCOC(=O)c1cnc2[nH]ccc2c1Cl.CCOC(=O)c1cnc2[nH]ccc2c1N[C@H]1CCCN(C(=O)CC#N)C1.CCOC(=O)c1cnc2[nH]ccc2c1N[C@H]1CCCN(C(=O)OC(C)(C)C)C1.CCOC(=O)c1cnc2[nH]ccc2c1N[C@H]1CCCNC1.Cl.N#CCC(=O)O. The van der Waals surface area contributed by atoms with Crippen molar-refractivity contribution >= 4 is 133 Å². The van der Waals surface area contributed by atoms with Crippen LogP contribution < -0.4 is 27.0 Å². The Morgan fingerprint density at radius 3 is 1.24 bits per heavy atom. The van der Waals surface area contributed by atoms with E-state index in [-0.39, 0.29) is 67.6 Å². The number of carbonyl (C=O) groups is 8. The Morgan fingerprint density at radius 1 is 0.523 bits per heavy atom. The summed E-state index contributed by atoms with van der Waals surface area (Å²) in [7, 11) is 0. The maximum absolute atomic E-state index is 12.4. The minimum absolute atomic E-state index is 0. The van der Waals surface area contributed by atoms with Crippen LogP contribution in [-0.4, -0.2) is 222 Å². The number of piperidine rings is 4. The number of ether oxygens (including phenoxy) is 6. The summed E-state index contributed by atoms with van der Waals surface area (Å²) in [6.45, 7) is 25.2. The highest BCUT2D eigenvalue weighted by atomic mass is 35.5. The molecule has 0 spiro atoms. The molecule has 4 fully saturated rings. The number of nitriles is 2. The molecule has 8 aromatic rings. The Labute approximate surface area is 654 Å². The summed E-state index contributed by atoms with van der Waals surface area (Å²) in [5.74, 6) is -2.86. The van der Waals surface area contributed by atoms with E-state index in [9.17, 15) is 38.4 Å². The molecule has 600 valence electrons. The number of fused-ring (bicyclic) bond motifs is 4. The van der Waals surface area contributed by atoms with E-state index in [2.05, 4.69) is 61.1 Å². The fourth-order valence-corrected chi connectivity index (χ4v) is 12.4. The molecule has 3 amide bonds. The minimum Gasteiger partial charge on any atom is -0.480 e. The van der Waals surface area contributed by atoms with Crippen molar-refractivity contribution in [2.75, 3.05) is 94.7 Å². The number of nitrogens with two attached hydrogens (primary N) is 1. The van der Waals surface area contributed by atoms with Crippen molar-refractivity contribution in [2.24, 2.45) is 5.73 Å². The first kappa shape index (κ1) is 88.9. The van der Waals surface area contributed by atoms with Gasteiger partial charge in [0.05, 0.1) is 66.2 Å². The van der Waals surface area contributed by atoms with E-state index in [1.54, 1.807) is 73.2 Å². The number of nitrogens with zero attached hydrogens (tertiary/aromatic N) is 9. The van der Waals surface area contributed by atoms with Crippen molar-refractivity contribution in [2.45, 2.75) is 169 Å². The van der Waals surface area contributed by atoms with Gasteiger partial charge in [-0.15, -0.1) is 12.4 Å². The highest BCUT2D eigenvalue weighted by Gasteiger charge is 2.32. The van der Waals surface area contributed by atoms with Gasteiger partial charge in [0.1, 0.15) is 63.3 Å². The lowest BCUT2D eigenvalue weighted by Crippen LogP contribution is -2.47. The van der Waals surface area contributed by atoms with Crippen LogP contribution in [0.4, 0.5) is 26.7 Å². The third-order valence-corrected chi connectivity index (χ3v) is 17.4. The van der Waals surface area contributed by atoms with Crippen LogP contribution in [0, 0.1) is 22.7 Å². The van der Waals surface area contributed by atoms with E-state index in [1.165, 1.54) is 24.7 Å². The van der Waals surface area contributed by atoms with Crippen molar-refractivity contribution in [3.8, 4) is 12.1 Å². The maximum Gasteiger partial charge on any atom is 0.410 e. The van der Waals surface area contributed by atoms with Crippen LogP contribution in [0.5, 0.6) is 0 Å². The molecule has 4 aliphatic heterocycles. The first-order valence-electron chi connectivity index (χ1n) is 36.7. The molecule has 4 saturated heterocycles. The Morgan fingerprint density at radius 2 is 0.874 bits per heavy atom. The van der Waals surface area contributed by atoms with Gasteiger partial charge in [0, 0.05) is 141 Å². The fourth-order valence-electron chi connectivity index (χ4n) is 12.2. The van der Waals surface area contributed by atoms with Crippen molar-refractivity contribution in [3.05, 3.63) is 101 Å². The summed E-state index contributed by atoms with van der Waals surface area (Å²) < 4.78 is 31.1. The quantitative estimate of drug-likeness (QED) is 0.0317. The van der Waals surface area contributed by atoms with E-state index in [0.29, 0.717) is 114 Å².